The van der Waals surface area contributed by atoms with E-state index in [1.807, 2.05) is 0 Å². The van der Waals surface area contributed by atoms with Gasteiger partial charge in [0.15, 0.2) is 0 Å². The summed E-state index contributed by atoms with van der Waals surface area (Å²) in [4.78, 5) is 0. The molecule has 0 aromatic carbocycles. The van der Waals surface area contributed by atoms with Crippen molar-refractivity contribution in [2.45, 2.75) is 90.9 Å². The Bertz CT molecular complexity index is 214. The van der Waals surface area contributed by atoms with Crippen LogP contribution in [0, 0.1) is 11.8 Å². The van der Waals surface area contributed by atoms with Gasteiger partial charge < -0.3 is 0 Å². The van der Waals surface area contributed by atoms with Crippen LogP contribution in [0.1, 0.15) is 79.6 Å². The van der Waals surface area contributed by atoms with Crippen molar-refractivity contribution in [2.24, 2.45) is 11.8 Å². The molecule has 1 rings (SSSR count). The average Bonchev–Trinajstić information content (AvgIpc) is 2.32. The summed E-state index contributed by atoms with van der Waals surface area (Å²) in [5.41, 5.74) is 2.20. The molecule has 1 heteroatoms. The smallest absolute Gasteiger partial charge is 0.0173 e. The van der Waals surface area contributed by atoms with Gasteiger partial charge in [0, 0.05) is 0 Å². The zero-order chi connectivity index (χ0) is 13.5. The van der Waals surface area contributed by atoms with E-state index in [1.54, 1.807) is 6.42 Å². The topological polar surface area (TPSA) is 0 Å². The highest BCUT2D eigenvalue weighted by Crippen LogP contribution is 2.62. The van der Waals surface area contributed by atoms with Crippen LogP contribution in [0.5, 0.6) is 0 Å². The molecule has 0 nitrogen and oxygen atoms in total. The Hall–Kier alpha value is 0.430. The molecule has 0 aromatic rings. The zero-order valence-corrected chi connectivity index (χ0v) is 14.3. The summed E-state index contributed by atoms with van der Waals surface area (Å²) in [6, 6.07) is 0. The maximum Gasteiger partial charge on any atom is -0.0173 e. The minimum atomic E-state index is 0.384. The lowest BCUT2D eigenvalue weighted by Crippen LogP contribution is -2.36. The van der Waals surface area contributed by atoms with Crippen LogP contribution in [0.15, 0.2) is 0 Å². The fraction of sp³-hybridized carbons (Fsp3) is 1.00. The Morgan fingerprint density at radius 2 is 1.83 bits per heavy atom. The molecular formula is C17H35P. The Morgan fingerprint density at radius 3 is 2.33 bits per heavy atom. The molecule has 108 valence electrons. The summed E-state index contributed by atoms with van der Waals surface area (Å²) in [6.07, 6.45) is 11.7. The van der Waals surface area contributed by atoms with E-state index in [-0.39, 0.29) is 0 Å². The van der Waals surface area contributed by atoms with Crippen molar-refractivity contribution in [1.29, 1.82) is 0 Å². The molecule has 0 aromatic heterocycles. The summed E-state index contributed by atoms with van der Waals surface area (Å²) in [5, 5.41) is 0. The molecule has 1 fully saturated rings. The first-order chi connectivity index (χ1) is 8.63. The molecule has 0 bridgehead atoms. The van der Waals surface area contributed by atoms with Gasteiger partial charge in [-0.3, -0.25) is 0 Å². The number of hydrogen-bond acceptors (Lipinski definition) is 0. The predicted octanol–water partition coefficient (Wildman–Crippen LogP) is 6.28. The zero-order valence-electron chi connectivity index (χ0n) is 13.4. The molecule has 1 saturated heterocycles. The van der Waals surface area contributed by atoms with Gasteiger partial charge in [0.25, 0.3) is 0 Å². The van der Waals surface area contributed by atoms with E-state index in [2.05, 4.69) is 34.6 Å². The van der Waals surface area contributed by atoms with Crippen LogP contribution in [-0.2, 0) is 0 Å². The van der Waals surface area contributed by atoms with Crippen molar-refractivity contribution in [3.05, 3.63) is 0 Å². The summed E-state index contributed by atoms with van der Waals surface area (Å²) in [7, 11) is 0.384. The SMILES string of the molecule is CCCCC(CC(C)CCC)C1CC(C)P1CC. The first kappa shape index (κ1) is 16.5. The van der Waals surface area contributed by atoms with Crippen molar-refractivity contribution in [2.75, 3.05) is 6.16 Å². The second-order valence-corrected chi connectivity index (χ2v) is 9.72. The van der Waals surface area contributed by atoms with Gasteiger partial charge >= 0.3 is 0 Å². The third kappa shape index (κ3) is 4.52. The molecule has 0 aliphatic carbocycles. The maximum atomic E-state index is 2.50. The normalized spacial score (nSPS) is 30.8. The van der Waals surface area contributed by atoms with E-state index in [4.69, 9.17) is 0 Å². The van der Waals surface area contributed by atoms with E-state index in [1.165, 1.54) is 44.7 Å². The van der Waals surface area contributed by atoms with Crippen LogP contribution in [-0.4, -0.2) is 17.5 Å². The minimum Gasteiger partial charge on any atom is -0.101 e. The van der Waals surface area contributed by atoms with Crippen molar-refractivity contribution < 1.29 is 0 Å². The molecule has 0 radical (unpaired) electrons. The Balaban J connectivity index is 2.49. The van der Waals surface area contributed by atoms with Crippen LogP contribution >= 0.6 is 7.92 Å². The molecule has 0 saturated carbocycles. The van der Waals surface area contributed by atoms with Crippen molar-refractivity contribution in [1.82, 2.24) is 0 Å². The van der Waals surface area contributed by atoms with Crippen molar-refractivity contribution >= 4 is 7.92 Å². The minimum absolute atomic E-state index is 0.384. The Labute approximate surface area is 117 Å². The molecular weight excluding hydrogens is 235 g/mol. The third-order valence-electron chi connectivity index (χ3n) is 4.90. The molecule has 5 atom stereocenters. The average molecular weight is 270 g/mol. The van der Waals surface area contributed by atoms with Gasteiger partial charge in [0.05, 0.1) is 0 Å². The largest absolute Gasteiger partial charge is 0.101 e. The number of rotatable bonds is 9. The van der Waals surface area contributed by atoms with E-state index >= 15 is 0 Å². The number of hydrogen-bond donors (Lipinski definition) is 0. The standard InChI is InChI=1S/C17H35P/c1-6-9-11-16(12-14(4)10-7-2)17-13-15(5)18(17)8-3/h14-17H,6-13H2,1-5H3. The second-order valence-electron chi connectivity index (χ2n) is 6.51. The van der Waals surface area contributed by atoms with Crippen molar-refractivity contribution in [3.8, 4) is 0 Å². The molecule has 1 aliphatic rings. The highest BCUT2D eigenvalue weighted by molar-refractivity contribution is 7.60. The number of unbranched alkanes of at least 4 members (excludes halogenated alkanes) is 1. The van der Waals surface area contributed by atoms with Gasteiger partial charge in [-0.1, -0.05) is 60.3 Å². The predicted molar refractivity (Wildman–Crippen MR) is 87.0 cm³/mol. The van der Waals surface area contributed by atoms with Gasteiger partial charge in [0.2, 0.25) is 0 Å². The van der Waals surface area contributed by atoms with Crippen molar-refractivity contribution in [3.63, 3.8) is 0 Å². The molecule has 5 unspecified atom stereocenters. The van der Waals surface area contributed by atoms with Gasteiger partial charge in [-0.05, 0) is 48.6 Å². The van der Waals surface area contributed by atoms with E-state index in [9.17, 15) is 0 Å². The van der Waals surface area contributed by atoms with Crippen LogP contribution in [0.4, 0.5) is 0 Å². The van der Waals surface area contributed by atoms with Gasteiger partial charge in [-0.2, -0.15) is 0 Å². The van der Waals surface area contributed by atoms with E-state index in [0.717, 1.165) is 23.2 Å². The summed E-state index contributed by atoms with van der Waals surface area (Å²) in [6.45, 7) is 12.1. The quantitative estimate of drug-likeness (QED) is 0.432. The fourth-order valence-corrected chi connectivity index (χ4v) is 7.13. The van der Waals surface area contributed by atoms with E-state index in [0.29, 0.717) is 7.92 Å². The first-order valence-corrected chi connectivity index (χ1v) is 10.1. The van der Waals surface area contributed by atoms with Gasteiger partial charge in [-0.15, -0.1) is 7.92 Å². The Morgan fingerprint density at radius 1 is 1.11 bits per heavy atom. The summed E-state index contributed by atoms with van der Waals surface area (Å²) < 4.78 is 0. The molecule has 1 heterocycles. The lowest BCUT2D eigenvalue weighted by molar-refractivity contribution is 0.316. The van der Waals surface area contributed by atoms with Crippen LogP contribution in [0.2, 0.25) is 0 Å². The van der Waals surface area contributed by atoms with Crippen LogP contribution < -0.4 is 0 Å². The van der Waals surface area contributed by atoms with E-state index < -0.39 is 0 Å². The summed E-state index contributed by atoms with van der Waals surface area (Å²) in [5.74, 6) is 2.02. The fourth-order valence-electron chi connectivity index (χ4n) is 3.88. The molecule has 0 N–H and O–H groups in total. The van der Waals surface area contributed by atoms with Crippen LogP contribution in [0.25, 0.3) is 0 Å². The molecule has 1 aliphatic heterocycles. The van der Waals surface area contributed by atoms with Crippen LogP contribution in [0.3, 0.4) is 0 Å². The Kier molecular flexibility index (Phi) is 7.85. The highest BCUT2D eigenvalue weighted by Gasteiger charge is 2.40. The van der Waals surface area contributed by atoms with Gasteiger partial charge in [0.1, 0.15) is 0 Å². The highest BCUT2D eigenvalue weighted by atomic mass is 31.1. The molecule has 0 spiro atoms. The summed E-state index contributed by atoms with van der Waals surface area (Å²) >= 11 is 0. The van der Waals surface area contributed by atoms with Gasteiger partial charge in [-0.25, -0.2) is 0 Å². The second kappa shape index (κ2) is 8.57. The molecule has 18 heavy (non-hydrogen) atoms. The lowest BCUT2D eigenvalue weighted by atomic mass is 9.85. The third-order valence-corrected chi connectivity index (χ3v) is 8.46. The maximum absolute atomic E-state index is 2.50. The lowest BCUT2D eigenvalue weighted by Gasteiger charge is -2.48. The molecule has 0 amide bonds. The first-order valence-electron chi connectivity index (χ1n) is 8.39. The monoisotopic (exact) mass is 270 g/mol.